The van der Waals surface area contributed by atoms with Gasteiger partial charge in [-0.25, -0.2) is 4.68 Å². The quantitative estimate of drug-likeness (QED) is 0.657. The molecule has 0 saturated carbocycles. The Balaban J connectivity index is 1.61. The number of carbonyl (C=O) groups is 1. The number of ketones is 1. The van der Waals surface area contributed by atoms with Crippen LogP contribution in [-0.2, 0) is 14.3 Å². The van der Waals surface area contributed by atoms with Crippen LogP contribution in [0.15, 0.2) is 42.5 Å². The molecule has 3 heterocycles. The van der Waals surface area contributed by atoms with Crippen LogP contribution in [0.3, 0.4) is 0 Å². The Bertz CT molecular complexity index is 1040. The fourth-order valence-corrected chi connectivity index (χ4v) is 3.78. The van der Waals surface area contributed by atoms with Gasteiger partial charge in [0.15, 0.2) is 5.78 Å². The number of Topliss-reactive ketones (excluding diaryl/α,β-unsaturated/α-hetero) is 1. The van der Waals surface area contributed by atoms with Crippen LogP contribution in [0.1, 0.15) is 12.5 Å². The first-order valence-corrected chi connectivity index (χ1v) is 8.45. The van der Waals surface area contributed by atoms with Crippen LogP contribution in [0.25, 0.3) is 16.5 Å². The lowest BCUT2D eigenvalue weighted by molar-refractivity contribution is -0.156. The second-order valence-corrected chi connectivity index (χ2v) is 6.56. The van der Waals surface area contributed by atoms with E-state index in [1.165, 1.54) is 0 Å². The van der Waals surface area contributed by atoms with Crippen molar-refractivity contribution in [1.29, 1.82) is 0 Å². The zero-order valence-corrected chi connectivity index (χ0v) is 13.9. The summed E-state index contributed by atoms with van der Waals surface area (Å²) < 4.78 is 14.6. The smallest absolute Gasteiger partial charge is 0.221 e. The number of carbonyl (C=O) groups excluding carboxylic acids is 1. The fraction of sp³-hybridized carbons (Fsp3) is 0.294. The number of tetrazole rings is 1. The Hall–Kier alpha value is -2.42. The summed E-state index contributed by atoms with van der Waals surface area (Å²) in [4.78, 5) is 12.0. The fourth-order valence-electron chi connectivity index (χ4n) is 3.48. The Labute approximate surface area is 147 Å². The molecular formula is C17H14N4O3S. The average Bonchev–Trinajstić information content (AvgIpc) is 3.23. The van der Waals surface area contributed by atoms with Gasteiger partial charge in [0.1, 0.15) is 6.10 Å². The van der Waals surface area contributed by atoms with Gasteiger partial charge in [0, 0.05) is 11.8 Å². The van der Waals surface area contributed by atoms with Crippen molar-refractivity contribution in [2.24, 2.45) is 0 Å². The molecule has 25 heavy (non-hydrogen) atoms. The molecule has 2 bridgehead atoms. The van der Waals surface area contributed by atoms with Gasteiger partial charge >= 0.3 is 0 Å². The van der Waals surface area contributed by atoms with Gasteiger partial charge in [0.25, 0.3) is 0 Å². The van der Waals surface area contributed by atoms with Crippen LogP contribution in [-0.4, -0.2) is 44.6 Å². The molecule has 0 spiro atoms. The minimum Gasteiger partial charge on any atom is -0.343 e. The van der Waals surface area contributed by atoms with E-state index in [0.717, 1.165) is 16.5 Å². The van der Waals surface area contributed by atoms with E-state index in [2.05, 4.69) is 10.4 Å². The normalized spacial score (nSPS) is 25.6. The first kappa shape index (κ1) is 14.9. The third-order valence-electron chi connectivity index (χ3n) is 4.72. The Morgan fingerprint density at radius 2 is 1.96 bits per heavy atom. The third-order valence-corrected chi connectivity index (χ3v) is 5.08. The molecule has 0 amide bonds. The second kappa shape index (κ2) is 5.55. The summed E-state index contributed by atoms with van der Waals surface area (Å²) in [6.07, 6.45) is -0.673. The highest BCUT2D eigenvalue weighted by molar-refractivity contribution is 7.71. The van der Waals surface area contributed by atoms with Crippen molar-refractivity contribution in [3.05, 3.63) is 47.2 Å². The summed E-state index contributed by atoms with van der Waals surface area (Å²) in [6, 6.07) is 13.7. The number of aromatic nitrogens is 4. The summed E-state index contributed by atoms with van der Waals surface area (Å²) in [5.41, 5.74) is 0.859. The van der Waals surface area contributed by atoms with Crippen molar-refractivity contribution in [2.75, 3.05) is 6.61 Å². The van der Waals surface area contributed by atoms with Gasteiger partial charge in [-0.1, -0.05) is 36.4 Å². The Kier molecular flexibility index (Phi) is 3.30. The largest absolute Gasteiger partial charge is 0.343 e. The summed E-state index contributed by atoms with van der Waals surface area (Å²) in [5.74, 6) is -0.0830. The van der Waals surface area contributed by atoms with Gasteiger partial charge in [0.2, 0.25) is 11.1 Å². The number of nitrogens with zero attached hydrogens (tertiary/aromatic N) is 4. The van der Waals surface area contributed by atoms with Gasteiger partial charge in [-0.2, -0.15) is 4.68 Å². The van der Waals surface area contributed by atoms with E-state index < -0.39 is 6.29 Å². The molecule has 3 aromatic rings. The van der Waals surface area contributed by atoms with E-state index in [1.54, 1.807) is 9.36 Å². The van der Waals surface area contributed by atoms with Gasteiger partial charge < -0.3 is 9.47 Å². The third kappa shape index (κ3) is 2.25. The molecule has 126 valence electrons. The molecule has 2 fully saturated rings. The zero-order chi connectivity index (χ0) is 17.0. The molecular weight excluding hydrogens is 340 g/mol. The van der Waals surface area contributed by atoms with Crippen molar-refractivity contribution in [3.63, 3.8) is 0 Å². The lowest BCUT2D eigenvalue weighted by atomic mass is 10.0. The van der Waals surface area contributed by atoms with Crippen LogP contribution in [0.5, 0.6) is 0 Å². The van der Waals surface area contributed by atoms with E-state index in [0.29, 0.717) is 11.4 Å². The predicted octanol–water partition coefficient (Wildman–Crippen LogP) is 2.21. The first-order valence-electron chi connectivity index (χ1n) is 8.05. The highest BCUT2D eigenvalue weighted by Crippen LogP contribution is 2.33. The molecule has 3 atom stereocenters. The maximum atomic E-state index is 12.0. The number of benzene rings is 2. The van der Waals surface area contributed by atoms with Crippen molar-refractivity contribution in [2.45, 2.75) is 24.9 Å². The molecule has 2 aliphatic heterocycles. The molecule has 0 unspecified atom stereocenters. The second-order valence-electron chi connectivity index (χ2n) is 6.19. The van der Waals surface area contributed by atoms with Gasteiger partial charge in [-0.15, -0.1) is 0 Å². The molecule has 5 rings (SSSR count). The average molecular weight is 354 g/mol. The zero-order valence-electron chi connectivity index (χ0n) is 13.1. The highest BCUT2D eigenvalue weighted by atomic mass is 32.1. The van der Waals surface area contributed by atoms with Crippen molar-refractivity contribution in [1.82, 2.24) is 19.8 Å². The molecule has 2 aliphatic rings. The first-order chi connectivity index (χ1) is 12.2. The number of ether oxygens (including phenoxy) is 2. The summed E-state index contributed by atoms with van der Waals surface area (Å²) >= 11 is 5.60. The molecule has 1 aromatic heterocycles. The molecule has 0 aliphatic carbocycles. The maximum absolute atomic E-state index is 12.0. The van der Waals surface area contributed by atoms with Crippen LogP contribution in [0, 0.1) is 4.77 Å². The van der Waals surface area contributed by atoms with E-state index in [1.807, 2.05) is 42.5 Å². The van der Waals surface area contributed by atoms with E-state index in [9.17, 15) is 4.79 Å². The number of hydrogen-bond acceptors (Lipinski definition) is 6. The lowest BCUT2D eigenvalue weighted by Gasteiger charge is -2.25. The number of hydrogen-bond donors (Lipinski definition) is 0. The standard InChI is InChI=1S/C17H14N4O3S/c22-14-8-13(15-9-23-16(14)24-15)21-17(25)20(18-19-21)12-7-3-5-10-4-1-2-6-11(10)12/h1-7,13,15-16H,8-9H2/t13-,15-,16+/m1/s1. The Morgan fingerprint density at radius 3 is 2.88 bits per heavy atom. The van der Waals surface area contributed by atoms with Gasteiger partial charge in [0.05, 0.1) is 18.3 Å². The van der Waals surface area contributed by atoms with Crippen LogP contribution in [0.2, 0.25) is 0 Å². The topological polar surface area (TPSA) is 71.2 Å². The molecule has 8 heteroatoms. The molecule has 0 N–H and O–H groups in total. The summed E-state index contributed by atoms with van der Waals surface area (Å²) in [5, 5.41) is 10.6. The van der Waals surface area contributed by atoms with Crippen molar-refractivity contribution >= 4 is 28.8 Å². The van der Waals surface area contributed by atoms with Gasteiger partial charge in [-0.05, 0) is 34.1 Å². The molecule has 0 radical (unpaired) electrons. The van der Waals surface area contributed by atoms with Crippen LogP contribution >= 0.6 is 12.2 Å². The Morgan fingerprint density at radius 1 is 1.12 bits per heavy atom. The van der Waals surface area contributed by atoms with Crippen molar-refractivity contribution in [3.8, 4) is 5.69 Å². The minimum absolute atomic E-state index is 0.0830. The monoisotopic (exact) mass is 354 g/mol. The number of rotatable bonds is 2. The summed E-state index contributed by atoms with van der Waals surface area (Å²) in [7, 11) is 0. The summed E-state index contributed by atoms with van der Waals surface area (Å²) in [6.45, 7) is 0.365. The molecule has 2 aromatic carbocycles. The molecule has 7 nitrogen and oxygen atoms in total. The van der Waals surface area contributed by atoms with Crippen LogP contribution in [0.4, 0.5) is 0 Å². The molecule has 2 saturated heterocycles. The predicted molar refractivity (Wildman–Crippen MR) is 91.0 cm³/mol. The highest BCUT2D eigenvalue weighted by Gasteiger charge is 2.45. The lowest BCUT2D eigenvalue weighted by Crippen LogP contribution is -2.37. The SMILES string of the molecule is O=C1C[C@@H](n2nnn(-c3cccc4ccccc34)c2=S)[C@H]2CO[C@H]1O2. The number of fused-ring (bicyclic) bond motifs is 3. The minimum atomic E-state index is -0.733. The van der Waals surface area contributed by atoms with Crippen molar-refractivity contribution < 1.29 is 14.3 Å². The van der Waals surface area contributed by atoms with Gasteiger partial charge in [-0.3, -0.25) is 4.79 Å². The maximum Gasteiger partial charge on any atom is 0.221 e. The van der Waals surface area contributed by atoms with E-state index >= 15 is 0 Å². The van der Waals surface area contributed by atoms with E-state index in [4.69, 9.17) is 21.7 Å². The van der Waals surface area contributed by atoms with E-state index in [-0.39, 0.29) is 24.3 Å². The van der Waals surface area contributed by atoms with Crippen LogP contribution < -0.4 is 0 Å².